The lowest BCUT2D eigenvalue weighted by Gasteiger charge is -2.00. The van der Waals surface area contributed by atoms with Gasteiger partial charge in [-0.2, -0.15) is 8.75 Å². The lowest BCUT2D eigenvalue weighted by atomic mass is 10.2. The number of pyridine rings is 1. The van der Waals surface area contributed by atoms with Gasteiger partial charge in [-0.25, -0.2) is 0 Å². The first-order valence-corrected chi connectivity index (χ1v) is 7.49. The largest absolute Gasteiger partial charge is 0.264 e. The molecule has 0 atom stereocenters. The van der Waals surface area contributed by atoms with Crippen molar-refractivity contribution >= 4 is 23.5 Å². The number of unbranched alkanes of at least 4 members (excludes halogenated alkanes) is 2. The first-order valence-electron chi connectivity index (χ1n) is 5.77. The van der Waals surface area contributed by atoms with Gasteiger partial charge < -0.3 is 0 Å². The van der Waals surface area contributed by atoms with Gasteiger partial charge in [-0.05, 0) is 24.3 Å². The average molecular weight is 265 g/mol. The standard InChI is InChI=1S/C12H15N3S2/c1-2-3-4-8-16-12-11(14-17-15-12)10-6-5-7-13-9-10/h5-7,9H,2-4,8H2,1H3. The Kier molecular flexibility index (Phi) is 4.94. The molecular formula is C12H15N3S2. The molecule has 0 spiro atoms. The third-order valence-electron chi connectivity index (χ3n) is 2.38. The van der Waals surface area contributed by atoms with E-state index in [1.54, 1.807) is 18.0 Å². The predicted molar refractivity (Wildman–Crippen MR) is 73.4 cm³/mol. The van der Waals surface area contributed by atoms with Crippen molar-refractivity contribution in [3.05, 3.63) is 24.5 Å². The van der Waals surface area contributed by atoms with Crippen LogP contribution >= 0.6 is 23.5 Å². The zero-order chi connectivity index (χ0) is 11.9. The van der Waals surface area contributed by atoms with Crippen molar-refractivity contribution in [1.82, 2.24) is 13.7 Å². The number of rotatable bonds is 6. The summed E-state index contributed by atoms with van der Waals surface area (Å²) in [6.45, 7) is 2.22. The van der Waals surface area contributed by atoms with Gasteiger partial charge in [0.1, 0.15) is 10.7 Å². The number of thioether (sulfide) groups is 1. The molecule has 0 aromatic carbocycles. The van der Waals surface area contributed by atoms with Gasteiger partial charge in [0.05, 0.1) is 11.7 Å². The van der Waals surface area contributed by atoms with Crippen molar-refractivity contribution in [2.45, 2.75) is 31.2 Å². The lowest BCUT2D eigenvalue weighted by Crippen LogP contribution is -1.85. The number of nitrogens with zero attached hydrogens (tertiary/aromatic N) is 3. The fraction of sp³-hybridized carbons (Fsp3) is 0.417. The summed E-state index contributed by atoms with van der Waals surface area (Å²) in [6.07, 6.45) is 7.40. The number of aromatic nitrogens is 3. The summed E-state index contributed by atoms with van der Waals surface area (Å²) in [5.41, 5.74) is 2.03. The van der Waals surface area contributed by atoms with Crippen LogP contribution in [0.25, 0.3) is 11.3 Å². The molecule has 0 unspecified atom stereocenters. The van der Waals surface area contributed by atoms with Gasteiger partial charge in [-0.3, -0.25) is 4.98 Å². The van der Waals surface area contributed by atoms with E-state index in [1.807, 2.05) is 18.3 Å². The Balaban J connectivity index is 2.02. The Morgan fingerprint density at radius 1 is 1.29 bits per heavy atom. The van der Waals surface area contributed by atoms with Gasteiger partial charge >= 0.3 is 0 Å². The molecule has 17 heavy (non-hydrogen) atoms. The quantitative estimate of drug-likeness (QED) is 0.587. The molecule has 2 heterocycles. The highest BCUT2D eigenvalue weighted by Gasteiger charge is 2.10. The van der Waals surface area contributed by atoms with Gasteiger partial charge in [-0.15, -0.1) is 11.8 Å². The highest BCUT2D eigenvalue weighted by Crippen LogP contribution is 2.29. The van der Waals surface area contributed by atoms with Gasteiger partial charge in [0.15, 0.2) is 0 Å². The van der Waals surface area contributed by atoms with Crippen molar-refractivity contribution in [2.24, 2.45) is 0 Å². The normalized spacial score (nSPS) is 10.6. The molecule has 0 saturated carbocycles. The van der Waals surface area contributed by atoms with E-state index < -0.39 is 0 Å². The van der Waals surface area contributed by atoms with Crippen molar-refractivity contribution in [3.8, 4) is 11.3 Å². The number of hydrogen-bond donors (Lipinski definition) is 0. The summed E-state index contributed by atoms with van der Waals surface area (Å²) in [5.74, 6) is 1.12. The summed E-state index contributed by atoms with van der Waals surface area (Å²) in [4.78, 5) is 4.12. The van der Waals surface area contributed by atoms with Crippen molar-refractivity contribution in [3.63, 3.8) is 0 Å². The second-order valence-electron chi connectivity index (χ2n) is 3.72. The third-order valence-corrected chi connectivity index (χ3v) is 4.07. The fourth-order valence-electron chi connectivity index (χ4n) is 1.48. The van der Waals surface area contributed by atoms with Crippen molar-refractivity contribution < 1.29 is 0 Å². The molecule has 0 aliphatic heterocycles. The molecule has 90 valence electrons. The molecule has 0 aliphatic carbocycles. The van der Waals surface area contributed by atoms with Crippen LogP contribution in [-0.4, -0.2) is 19.5 Å². The minimum absolute atomic E-state index is 0.976. The van der Waals surface area contributed by atoms with Crippen LogP contribution in [0.15, 0.2) is 29.6 Å². The molecule has 0 N–H and O–H groups in total. The maximum atomic E-state index is 4.36. The molecule has 0 radical (unpaired) electrons. The SMILES string of the molecule is CCCCCSc1nsnc1-c1cccnc1. The Morgan fingerprint density at radius 3 is 3.00 bits per heavy atom. The zero-order valence-corrected chi connectivity index (χ0v) is 11.4. The van der Waals surface area contributed by atoms with E-state index in [1.165, 1.54) is 31.0 Å². The molecule has 0 aliphatic rings. The zero-order valence-electron chi connectivity index (χ0n) is 9.80. The topological polar surface area (TPSA) is 38.7 Å². The summed E-state index contributed by atoms with van der Waals surface area (Å²) in [7, 11) is 0. The summed E-state index contributed by atoms with van der Waals surface area (Å²) in [5, 5.41) is 1.04. The third kappa shape index (κ3) is 3.51. The van der Waals surface area contributed by atoms with Crippen LogP contribution in [0.1, 0.15) is 26.2 Å². The second kappa shape index (κ2) is 6.71. The smallest absolute Gasteiger partial charge is 0.138 e. The van der Waals surface area contributed by atoms with Crippen LogP contribution in [0, 0.1) is 0 Å². The Morgan fingerprint density at radius 2 is 2.24 bits per heavy atom. The van der Waals surface area contributed by atoms with E-state index in [-0.39, 0.29) is 0 Å². The molecule has 0 fully saturated rings. The van der Waals surface area contributed by atoms with Crippen LogP contribution in [0.4, 0.5) is 0 Å². The summed E-state index contributed by atoms with van der Waals surface area (Å²) >= 11 is 3.07. The molecular weight excluding hydrogens is 250 g/mol. The maximum absolute atomic E-state index is 4.36. The van der Waals surface area contributed by atoms with E-state index in [0.29, 0.717) is 0 Å². The van der Waals surface area contributed by atoms with Crippen LogP contribution in [0.2, 0.25) is 0 Å². The van der Waals surface area contributed by atoms with Gasteiger partial charge in [0.2, 0.25) is 0 Å². The molecule has 2 aromatic heterocycles. The molecule has 3 nitrogen and oxygen atoms in total. The van der Waals surface area contributed by atoms with E-state index in [4.69, 9.17) is 0 Å². The number of hydrogen-bond acceptors (Lipinski definition) is 5. The van der Waals surface area contributed by atoms with E-state index in [9.17, 15) is 0 Å². The highest BCUT2D eigenvalue weighted by molar-refractivity contribution is 7.99. The lowest BCUT2D eigenvalue weighted by molar-refractivity contribution is 0.778. The Hall–Kier alpha value is -0.940. The monoisotopic (exact) mass is 265 g/mol. The van der Waals surface area contributed by atoms with Crippen LogP contribution in [0.3, 0.4) is 0 Å². The highest BCUT2D eigenvalue weighted by atomic mass is 32.2. The Bertz CT molecular complexity index is 442. The van der Waals surface area contributed by atoms with Crippen molar-refractivity contribution in [1.29, 1.82) is 0 Å². The van der Waals surface area contributed by atoms with E-state index in [2.05, 4.69) is 20.7 Å². The van der Waals surface area contributed by atoms with Crippen LogP contribution in [0.5, 0.6) is 0 Å². The average Bonchev–Trinajstić information content (AvgIpc) is 2.84. The maximum Gasteiger partial charge on any atom is 0.138 e. The Labute approximate surface area is 110 Å². The van der Waals surface area contributed by atoms with Gasteiger partial charge in [0.25, 0.3) is 0 Å². The van der Waals surface area contributed by atoms with Crippen LogP contribution in [-0.2, 0) is 0 Å². The first-order chi connectivity index (χ1) is 8.42. The molecule has 2 aromatic rings. The van der Waals surface area contributed by atoms with Gasteiger partial charge in [0, 0.05) is 18.0 Å². The molecule has 0 bridgehead atoms. The molecule has 5 heteroatoms. The molecule has 2 rings (SSSR count). The first kappa shape index (κ1) is 12.5. The summed E-state index contributed by atoms with van der Waals surface area (Å²) < 4.78 is 8.71. The van der Waals surface area contributed by atoms with Crippen molar-refractivity contribution in [2.75, 3.05) is 5.75 Å². The predicted octanol–water partition coefficient (Wildman–Crippen LogP) is 3.88. The van der Waals surface area contributed by atoms with Crippen LogP contribution < -0.4 is 0 Å². The van der Waals surface area contributed by atoms with Gasteiger partial charge in [-0.1, -0.05) is 19.8 Å². The molecule has 0 saturated heterocycles. The minimum Gasteiger partial charge on any atom is -0.264 e. The molecule has 0 amide bonds. The van der Waals surface area contributed by atoms with E-state index >= 15 is 0 Å². The fourth-order valence-corrected chi connectivity index (χ4v) is 3.16. The minimum atomic E-state index is 0.976. The summed E-state index contributed by atoms with van der Waals surface area (Å²) in [6, 6.07) is 3.96. The second-order valence-corrected chi connectivity index (χ2v) is 5.33. The van der Waals surface area contributed by atoms with E-state index in [0.717, 1.165) is 22.0 Å².